The van der Waals surface area contributed by atoms with Gasteiger partial charge in [0.05, 0.1) is 18.4 Å². The largest absolute Gasteiger partial charge is 0.496 e. The summed E-state index contributed by atoms with van der Waals surface area (Å²) < 4.78 is 7.64. The summed E-state index contributed by atoms with van der Waals surface area (Å²) in [6, 6.07) is 18.5. The van der Waals surface area contributed by atoms with E-state index in [1.54, 1.807) is 7.11 Å². The van der Waals surface area contributed by atoms with Crippen molar-refractivity contribution >= 4 is 17.7 Å². The van der Waals surface area contributed by atoms with Crippen molar-refractivity contribution in [1.82, 2.24) is 20.1 Å². The number of hydrogen-bond donors (Lipinski definition) is 1. The van der Waals surface area contributed by atoms with E-state index in [9.17, 15) is 4.79 Å². The fraction of sp³-hybridized carbons (Fsp3) is 0.375. The van der Waals surface area contributed by atoms with Crippen LogP contribution in [0.1, 0.15) is 31.2 Å². The number of methoxy groups -OCH3 is 1. The van der Waals surface area contributed by atoms with Crippen molar-refractivity contribution in [2.24, 2.45) is 0 Å². The lowest BCUT2D eigenvalue weighted by Crippen LogP contribution is -2.33. The summed E-state index contributed by atoms with van der Waals surface area (Å²) >= 11 is 1.44. The molecular formula is C24H28N4O2S. The molecule has 162 valence electrons. The number of amides is 1. The molecule has 0 radical (unpaired) electrons. The quantitative estimate of drug-likeness (QED) is 0.505. The Bertz CT molecular complexity index is 1000. The Labute approximate surface area is 187 Å². The molecule has 7 heteroatoms. The standard InChI is InChI=1S/C24H28N4O2S/c1-30-21-14-8-7-13-20(21)23-26-27-24(28(23)16-15-18-9-3-2-4-10-18)31-17-22(29)25-19-11-5-6-12-19/h2-4,7-10,13-14,19H,5-6,11-12,15-17H2,1H3,(H,25,29). The lowest BCUT2D eigenvalue weighted by molar-refractivity contribution is -0.119. The number of aryl methyl sites for hydroxylation is 1. The zero-order valence-electron chi connectivity index (χ0n) is 17.8. The second kappa shape index (κ2) is 10.5. The normalized spacial score (nSPS) is 14.0. The van der Waals surface area contributed by atoms with E-state index >= 15 is 0 Å². The van der Waals surface area contributed by atoms with Gasteiger partial charge in [-0.25, -0.2) is 0 Å². The number of nitrogens with one attached hydrogen (secondary N) is 1. The molecule has 0 saturated heterocycles. The lowest BCUT2D eigenvalue weighted by Gasteiger charge is -2.13. The summed E-state index contributed by atoms with van der Waals surface area (Å²) in [7, 11) is 1.66. The third kappa shape index (κ3) is 5.47. The molecule has 6 nitrogen and oxygen atoms in total. The molecule has 1 fully saturated rings. The summed E-state index contributed by atoms with van der Waals surface area (Å²) in [5.74, 6) is 1.91. The van der Waals surface area contributed by atoms with Crippen LogP contribution in [0.15, 0.2) is 59.8 Å². The molecule has 2 aromatic carbocycles. The van der Waals surface area contributed by atoms with Gasteiger partial charge in [-0.3, -0.25) is 4.79 Å². The van der Waals surface area contributed by atoms with E-state index in [0.29, 0.717) is 11.8 Å². The Morgan fingerprint density at radius 2 is 1.84 bits per heavy atom. The van der Waals surface area contributed by atoms with Crippen LogP contribution < -0.4 is 10.1 Å². The van der Waals surface area contributed by atoms with Crippen LogP contribution in [0.3, 0.4) is 0 Å². The molecule has 1 aliphatic rings. The molecule has 4 rings (SSSR count). The van der Waals surface area contributed by atoms with E-state index in [0.717, 1.165) is 48.1 Å². The molecule has 1 N–H and O–H groups in total. The molecule has 0 unspecified atom stereocenters. The third-order valence-electron chi connectivity index (χ3n) is 5.58. The second-order valence-corrected chi connectivity index (χ2v) is 8.67. The highest BCUT2D eigenvalue weighted by Crippen LogP contribution is 2.31. The van der Waals surface area contributed by atoms with Gasteiger partial charge in [0.25, 0.3) is 0 Å². The van der Waals surface area contributed by atoms with Crippen LogP contribution in [-0.2, 0) is 17.8 Å². The average Bonchev–Trinajstić information content (AvgIpc) is 3.46. The van der Waals surface area contributed by atoms with E-state index in [2.05, 4.69) is 32.2 Å². The van der Waals surface area contributed by atoms with Gasteiger partial charge < -0.3 is 14.6 Å². The zero-order valence-corrected chi connectivity index (χ0v) is 18.6. The van der Waals surface area contributed by atoms with Gasteiger partial charge in [-0.05, 0) is 37.0 Å². The highest BCUT2D eigenvalue weighted by molar-refractivity contribution is 7.99. The Balaban J connectivity index is 1.53. The molecule has 31 heavy (non-hydrogen) atoms. The molecular weight excluding hydrogens is 408 g/mol. The van der Waals surface area contributed by atoms with E-state index in [1.807, 2.05) is 42.5 Å². The average molecular weight is 437 g/mol. The maximum atomic E-state index is 12.4. The van der Waals surface area contributed by atoms with Gasteiger partial charge >= 0.3 is 0 Å². The fourth-order valence-corrected chi connectivity index (χ4v) is 4.76. The fourth-order valence-electron chi connectivity index (χ4n) is 3.98. The van der Waals surface area contributed by atoms with Crippen LogP contribution in [0.2, 0.25) is 0 Å². The first-order chi connectivity index (χ1) is 15.2. The Kier molecular flexibility index (Phi) is 7.25. The van der Waals surface area contributed by atoms with Crippen LogP contribution >= 0.6 is 11.8 Å². The molecule has 1 aromatic heterocycles. The molecule has 0 spiro atoms. The van der Waals surface area contributed by atoms with Crippen LogP contribution in [0.5, 0.6) is 5.75 Å². The Hall–Kier alpha value is -2.80. The van der Waals surface area contributed by atoms with Crippen molar-refractivity contribution in [2.75, 3.05) is 12.9 Å². The van der Waals surface area contributed by atoms with Gasteiger partial charge in [0.2, 0.25) is 5.91 Å². The van der Waals surface area contributed by atoms with Crippen molar-refractivity contribution in [2.45, 2.75) is 49.8 Å². The molecule has 3 aromatic rings. The van der Waals surface area contributed by atoms with Crippen LogP contribution in [0, 0.1) is 0 Å². The summed E-state index contributed by atoms with van der Waals surface area (Å²) in [5, 5.41) is 12.8. The van der Waals surface area contributed by atoms with Crippen molar-refractivity contribution < 1.29 is 9.53 Å². The van der Waals surface area contributed by atoms with Gasteiger partial charge in [-0.2, -0.15) is 0 Å². The molecule has 1 aliphatic carbocycles. The molecule has 1 heterocycles. The first-order valence-electron chi connectivity index (χ1n) is 10.8. The number of para-hydroxylation sites is 1. The van der Waals surface area contributed by atoms with Crippen molar-refractivity contribution in [1.29, 1.82) is 0 Å². The number of carbonyl (C=O) groups is 1. The maximum absolute atomic E-state index is 12.4. The first kappa shape index (κ1) is 21.4. The number of nitrogens with zero attached hydrogens (tertiary/aromatic N) is 3. The molecule has 1 saturated carbocycles. The maximum Gasteiger partial charge on any atom is 0.230 e. The van der Waals surface area contributed by atoms with E-state index in [-0.39, 0.29) is 5.91 Å². The van der Waals surface area contributed by atoms with E-state index in [1.165, 1.54) is 30.2 Å². The number of thioether (sulfide) groups is 1. The van der Waals surface area contributed by atoms with Gasteiger partial charge in [0, 0.05) is 12.6 Å². The van der Waals surface area contributed by atoms with Gasteiger partial charge in [-0.15, -0.1) is 10.2 Å². The monoisotopic (exact) mass is 436 g/mol. The van der Waals surface area contributed by atoms with Crippen LogP contribution in [0.25, 0.3) is 11.4 Å². The minimum atomic E-state index is 0.0633. The lowest BCUT2D eigenvalue weighted by atomic mass is 10.1. The number of rotatable bonds is 9. The summed E-state index contributed by atoms with van der Waals surface area (Å²) in [6.07, 6.45) is 5.43. The summed E-state index contributed by atoms with van der Waals surface area (Å²) in [6.45, 7) is 0.719. The molecule has 1 amide bonds. The Morgan fingerprint density at radius 3 is 2.61 bits per heavy atom. The minimum Gasteiger partial charge on any atom is -0.496 e. The summed E-state index contributed by atoms with van der Waals surface area (Å²) in [5.41, 5.74) is 2.14. The predicted octanol–water partition coefficient (Wildman–Crippen LogP) is 4.35. The second-order valence-electron chi connectivity index (χ2n) is 7.73. The number of aromatic nitrogens is 3. The van der Waals surface area contributed by atoms with E-state index < -0.39 is 0 Å². The topological polar surface area (TPSA) is 69.0 Å². The first-order valence-corrected chi connectivity index (χ1v) is 11.8. The van der Waals surface area contributed by atoms with Crippen molar-refractivity contribution in [3.63, 3.8) is 0 Å². The smallest absolute Gasteiger partial charge is 0.230 e. The highest BCUT2D eigenvalue weighted by atomic mass is 32.2. The number of hydrogen-bond acceptors (Lipinski definition) is 5. The van der Waals surface area contributed by atoms with Crippen LogP contribution in [-0.4, -0.2) is 39.6 Å². The summed E-state index contributed by atoms with van der Waals surface area (Å²) in [4.78, 5) is 12.4. The van der Waals surface area contributed by atoms with Crippen LogP contribution in [0.4, 0.5) is 0 Å². The van der Waals surface area contributed by atoms with Gasteiger partial charge in [-0.1, -0.05) is 67.1 Å². The predicted molar refractivity (Wildman–Crippen MR) is 123 cm³/mol. The molecule has 0 bridgehead atoms. The van der Waals surface area contributed by atoms with Gasteiger partial charge in [0.1, 0.15) is 5.75 Å². The number of ether oxygens (including phenoxy) is 1. The minimum absolute atomic E-state index is 0.0633. The van der Waals surface area contributed by atoms with Gasteiger partial charge in [0.15, 0.2) is 11.0 Å². The Morgan fingerprint density at radius 1 is 1.10 bits per heavy atom. The molecule has 0 aliphatic heterocycles. The van der Waals surface area contributed by atoms with E-state index in [4.69, 9.17) is 4.74 Å². The highest BCUT2D eigenvalue weighted by Gasteiger charge is 2.20. The third-order valence-corrected chi connectivity index (χ3v) is 6.55. The SMILES string of the molecule is COc1ccccc1-c1nnc(SCC(=O)NC2CCCC2)n1CCc1ccccc1. The number of benzene rings is 2. The van der Waals surface area contributed by atoms with Crippen molar-refractivity contribution in [3.05, 3.63) is 60.2 Å². The van der Waals surface area contributed by atoms with Crippen molar-refractivity contribution in [3.8, 4) is 17.1 Å². The number of carbonyl (C=O) groups excluding carboxylic acids is 1. The molecule has 0 atom stereocenters. The zero-order chi connectivity index (χ0) is 21.5.